The number of rotatable bonds is 4. The van der Waals surface area contributed by atoms with E-state index < -0.39 is 0 Å². The molecule has 1 N–H and O–H groups in total. The van der Waals surface area contributed by atoms with Crippen molar-refractivity contribution < 1.29 is 4.42 Å². The van der Waals surface area contributed by atoms with Crippen LogP contribution in [-0.4, -0.2) is 20.2 Å². The number of aryl methyl sites for hydroxylation is 2. The quantitative estimate of drug-likeness (QED) is 0.723. The van der Waals surface area contributed by atoms with E-state index in [-0.39, 0.29) is 10.8 Å². The normalized spacial score (nSPS) is 16.1. The van der Waals surface area contributed by atoms with Crippen LogP contribution >= 0.6 is 23.1 Å². The van der Waals surface area contributed by atoms with Gasteiger partial charge in [-0.15, -0.1) is 21.5 Å². The third-order valence-electron chi connectivity index (χ3n) is 4.07. The lowest BCUT2D eigenvalue weighted by molar-refractivity contribution is 0.413. The molecule has 23 heavy (non-hydrogen) atoms. The molecule has 0 radical (unpaired) electrons. The Balaban J connectivity index is 1.63. The van der Waals surface area contributed by atoms with Gasteiger partial charge < -0.3 is 9.40 Å². The fraction of sp³-hybridized carbons (Fsp3) is 0.467. The topological polar surface area (TPSA) is 84.7 Å². The molecule has 1 aliphatic rings. The van der Waals surface area contributed by atoms with Crippen molar-refractivity contribution in [3.8, 4) is 0 Å². The predicted octanol–water partition coefficient (Wildman–Crippen LogP) is 3.72. The van der Waals surface area contributed by atoms with Gasteiger partial charge >= 0.3 is 0 Å². The second-order valence-corrected chi connectivity index (χ2v) is 8.35. The number of thiophene rings is 1. The summed E-state index contributed by atoms with van der Waals surface area (Å²) < 4.78 is 5.66. The van der Waals surface area contributed by atoms with Gasteiger partial charge in [-0.1, -0.05) is 11.8 Å². The lowest BCUT2D eigenvalue weighted by Crippen LogP contribution is -2.12. The third kappa shape index (κ3) is 2.70. The smallest absolute Gasteiger partial charge is 0.277 e. The van der Waals surface area contributed by atoms with E-state index in [1.807, 2.05) is 20.8 Å². The fourth-order valence-electron chi connectivity index (χ4n) is 2.43. The zero-order valence-corrected chi connectivity index (χ0v) is 14.7. The van der Waals surface area contributed by atoms with Crippen molar-refractivity contribution in [1.29, 1.82) is 0 Å². The molecular formula is C15H16N4O2S2. The molecule has 4 rings (SSSR count). The first-order valence-electron chi connectivity index (χ1n) is 7.53. The second kappa shape index (κ2) is 5.45. The van der Waals surface area contributed by atoms with E-state index >= 15 is 0 Å². The maximum Gasteiger partial charge on any atom is 0.277 e. The van der Waals surface area contributed by atoms with Crippen LogP contribution in [0.25, 0.3) is 10.2 Å². The molecule has 0 spiro atoms. The van der Waals surface area contributed by atoms with Gasteiger partial charge in [0.2, 0.25) is 5.89 Å². The van der Waals surface area contributed by atoms with Gasteiger partial charge in [0, 0.05) is 10.8 Å². The van der Waals surface area contributed by atoms with Crippen molar-refractivity contribution in [2.24, 2.45) is 0 Å². The summed E-state index contributed by atoms with van der Waals surface area (Å²) in [5.41, 5.74) is 0.931. The van der Waals surface area contributed by atoms with Gasteiger partial charge in [-0.05, 0) is 39.2 Å². The predicted molar refractivity (Wildman–Crippen MR) is 90.3 cm³/mol. The summed E-state index contributed by atoms with van der Waals surface area (Å²) in [5, 5.41) is 9.31. The van der Waals surface area contributed by atoms with Gasteiger partial charge in [-0.3, -0.25) is 4.79 Å². The lowest BCUT2D eigenvalue weighted by atomic mass is 10.2. The Labute approximate surface area is 140 Å². The Kier molecular flexibility index (Phi) is 3.53. The number of hydrogen-bond donors (Lipinski definition) is 1. The van der Waals surface area contributed by atoms with Crippen LogP contribution in [0.2, 0.25) is 0 Å². The van der Waals surface area contributed by atoms with Crippen molar-refractivity contribution in [2.45, 2.75) is 50.0 Å². The van der Waals surface area contributed by atoms with Crippen molar-refractivity contribution in [3.05, 3.63) is 32.5 Å². The summed E-state index contributed by atoms with van der Waals surface area (Å²) in [4.78, 5) is 21.8. The molecule has 8 heteroatoms. The fourth-order valence-corrected chi connectivity index (χ4v) is 4.22. The van der Waals surface area contributed by atoms with Crippen LogP contribution < -0.4 is 5.56 Å². The molecular weight excluding hydrogens is 332 g/mol. The molecule has 0 aromatic carbocycles. The van der Waals surface area contributed by atoms with Crippen molar-refractivity contribution in [1.82, 2.24) is 20.2 Å². The summed E-state index contributed by atoms with van der Waals surface area (Å²) in [6.07, 6.45) is 2.26. The van der Waals surface area contributed by atoms with E-state index in [0.29, 0.717) is 22.4 Å². The second-order valence-electron chi connectivity index (χ2n) is 5.86. The SMILES string of the molecule is Cc1sc2nc([C@@H](C)Sc3nnc(C4CC4)o3)[nH]c(=O)c2c1C. The Morgan fingerprint density at radius 1 is 1.35 bits per heavy atom. The average molecular weight is 348 g/mol. The maximum absolute atomic E-state index is 12.3. The molecule has 0 bridgehead atoms. The molecule has 1 atom stereocenters. The van der Waals surface area contributed by atoms with E-state index in [0.717, 1.165) is 34.0 Å². The highest BCUT2D eigenvalue weighted by molar-refractivity contribution is 7.99. The van der Waals surface area contributed by atoms with Gasteiger partial charge in [0.1, 0.15) is 10.7 Å². The van der Waals surface area contributed by atoms with Gasteiger partial charge in [0.15, 0.2) is 0 Å². The van der Waals surface area contributed by atoms with Crippen LogP contribution in [-0.2, 0) is 0 Å². The van der Waals surface area contributed by atoms with E-state index in [1.54, 1.807) is 11.3 Å². The highest BCUT2D eigenvalue weighted by atomic mass is 32.2. The molecule has 3 aromatic rings. The van der Waals surface area contributed by atoms with Gasteiger partial charge in [0.05, 0.1) is 10.6 Å². The third-order valence-corrected chi connectivity index (χ3v) is 6.11. The van der Waals surface area contributed by atoms with Gasteiger partial charge in [-0.25, -0.2) is 4.98 Å². The average Bonchev–Trinajstić information content (AvgIpc) is 3.19. The minimum atomic E-state index is -0.0801. The monoisotopic (exact) mass is 348 g/mol. The van der Waals surface area contributed by atoms with E-state index in [4.69, 9.17) is 4.42 Å². The van der Waals surface area contributed by atoms with E-state index in [1.165, 1.54) is 11.8 Å². The van der Waals surface area contributed by atoms with Crippen molar-refractivity contribution in [2.75, 3.05) is 0 Å². The van der Waals surface area contributed by atoms with Crippen LogP contribution in [0.15, 0.2) is 14.4 Å². The number of nitrogens with zero attached hydrogens (tertiary/aromatic N) is 3. The van der Waals surface area contributed by atoms with Crippen LogP contribution in [0.3, 0.4) is 0 Å². The summed E-state index contributed by atoms with van der Waals surface area (Å²) in [7, 11) is 0. The Hall–Kier alpha value is -1.67. The molecule has 0 unspecified atom stereocenters. The van der Waals surface area contributed by atoms with Gasteiger partial charge in [-0.2, -0.15) is 0 Å². The number of hydrogen-bond acceptors (Lipinski definition) is 7. The summed E-state index contributed by atoms with van der Waals surface area (Å²) in [6, 6.07) is 0. The molecule has 0 amide bonds. The van der Waals surface area contributed by atoms with E-state index in [9.17, 15) is 4.79 Å². The van der Waals surface area contributed by atoms with Crippen LogP contribution in [0.1, 0.15) is 53.1 Å². The Morgan fingerprint density at radius 3 is 2.87 bits per heavy atom. The molecule has 3 heterocycles. The highest BCUT2D eigenvalue weighted by Crippen LogP contribution is 2.41. The van der Waals surface area contributed by atoms with Crippen molar-refractivity contribution >= 4 is 33.3 Å². The molecule has 120 valence electrons. The standard InChI is InChI=1S/C15H16N4O2S2/c1-6-7(2)22-14-10(6)12(20)16-11(17-14)8(3)23-15-19-18-13(21-15)9-4-5-9/h8-9H,4-5H2,1-3H3,(H,16,17,20)/t8-/m1/s1. The molecule has 1 fully saturated rings. The Bertz CT molecular complexity index is 939. The first kappa shape index (κ1) is 14.9. The number of thioether (sulfide) groups is 1. The maximum atomic E-state index is 12.3. The summed E-state index contributed by atoms with van der Waals surface area (Å²) in [6.45, 7) is 5.95. The molecule has 6 nitrogen and oxygen atoms in total. The number of aromatic amines is 1. The van der Waals surface area contributed by atoms with E-state index in [2.05, 4.69) is 20.2 Å². The van der Waals surface area contributed by atoms with Crippen LogP contribution in [0.4, 0.5) is 0 Å². The summed E-state index contributed by atoms with van der Waals surface area (Å²) in [5.74, 6) is 1.81. The molecule has 0 aliphatic heterocycles. The minimum absolute atomic E-state index is 0.0673. The zero-order chi connectivity index (χ0) is 16.1. The number of nitrogens with one attached hydrogen (secondary N) is 1. The van der Waals surface area contributed by atoms with Crippen molar-refractivity contribution in [3.63, 3.8) is 0 Å². The molecule has 1 aliphatic carbocycles. The summed E-state index contributed by atoms with van der Waals surface area (Å²) >= 11 is 2.98. The largest absolute Gasteiger partial charge is 0.416 e. The van der Waals surface area contributed by atoms with Crippen LogP contribution in [0, 0.1) is 13.8 Å². The molecule has 3 aromatic heterocycles. The first-order chi connectivity index (χ1) is 11.0. The van der Waals surface area contributed by atoms with Crippen LogP contribution in [0.5, 0.6) is 0 Å². The molecule has 1 saturated carbocycles. The lowest BCUT2D eigenvalue weighted by Gasteiger charge is -2.07. The minimum Gasteiger partial charge on any atom is -0.416 e. The number of H-pyrrole nitrogens is 1. The van der Waals surface area contributed by atoms with Gasteiger partial charge in [0.25, 0.3) is 10.8 Å². The number of aromatic nitrogens is 4. The zero-order valence-electron chi connectivity index (χ0n) is 13.0. The highest BCUT2D eigenvalue weighted by Gasteiger charge is 2.30. The molecule has 0 saturated heterocycles. The first-order valence-corrected chi connectivity index (χ1v) is 9.22. The Morgan fingerprint density at radius 2 is 2.13 bits per heavy atom. The number of fused-ring (bicyclic) bond motifs is 1.